The molecule has 2 bridgehead atoms. The lowest BCUT2D eigenvalue weighted by Gasteiger charge is -2.27. The molecule has 1 saturated carbocycles. The number of amides is 1. The summed E-state index contributed by atoms with van der Waals surface area (Å²) in [5.74, 6) is -2.17. The van der Waals surface area contributed by atoms with E-state index in [1.165, 1.54) is 6.42 Å². The Labute approximate surface area is 114 Å². The first-order valence-corrected chi connectivity index (χ1v) is 7.32. The number of hydrogen-bond donors (Lipinski definition) is 1. The van der Waals surface area contributed by atoms with Gasteiger partial charge in [-0.2, -0.15) is 0 Å². The monoisotopic (exact) mass is 264 g/mol. The van der Waals surface area contributed by atoms with Crippen molar-refractivity contribution in [3.8, 4) is 0 Å². The predicted octanol–water partition coefficient (Wildman–Crippen LogP) is 0.871. The maximum absolute atomic E-state index is 12.1. The van der Waals surface area contributed by atoms with Crippen LogP contribution in [-0.4, -0.2) is 18.4 Å². The highest BCUT2D eigenvalue weighted by Gasteiger charge is 2.48. The molecule has 106 valence electrons. The molecular weight excluding hydrogens is 242 g/mol. The van der Waals surface area contributed by atoms with Gasteiger partial charge in [0.2, 0.25) is 5.91 Å². The van der Waals surface area contributed by atoms with Crippen molar-refractivity contribution in [3.63, 3.8) is 0 Å². The Morgan fingerprint density at radius 1 is 1.16 bits per heavy atom. The fraction of sp³-hybridized carbons (Fsp3) is 0.733. The summed E-state index contributed by atoms with van der Waals surface area (Å²) in [5, 5.41) is 14.1. The second kappa shape index (κ2) is 6.22. The molecule has 0 saturated heterocycles. The van der Waals surface area contributed by atoms with Gasteiger partial charge >= 0.3 is 0 Å². The standard InChI is InChI=1S/C15H23NO3/c1-2-3-4-5-8-16-14(17)12-10-6-7-11(9-10)13(12)15(18)19/h6-7,10-13H,2-5,8-9H2,1H3,(H,16,17)(H,18,19)/p-1/t10-,11-,12+,13+/m1/s1. The van der Waals surface area contributed by atoms with E-state index in [4.69, 9.17) is 0 Å². The average molecular weight is 264 g/mol. The number of fused-ring (bicyclic) bond motifs is 2. The number of rotatable bonds is 7. The van der Waals surface area contributed by atoms with Crippen LogP contribution in [0.2, 0.25) is 0 Å². The molecule has 1 fully saturated rings. The third-order valence-electron chi connectivity index (χ3n) is 4.36. The summed E-state index contributed by atoms with van der Waals surface area (Å²) in [6.45, 7) is 2.79. The number of carboxylic acids is 1. The fourth-order valence-electron chi connectivity index (χ4n) is 3.38. The summed E-state index contributed by atoms with van der Waals surface area (Å²) in [5.41, 5.74) is 0. The topological polar surface area (TPSA) is 69.2 Å². The lowest BCUT2D eigenvalue weighted by atomic mass is 9.82. The van der Waals surface area contributed by atoms with Crippen molar-refractivity contribution in [3.05, 3.63) is 12.2 Å². The molecule has 2 aliphatic carbocycles. The minimum atomic E-state index is -1.08. The molecule has 1 amide bonds. The Kier molecular flexibility index (Phi) is 4.61. The summed E-state index contributed by atoms with van der Waals surface area (Å²) in [7, 11) is 0. The lowest BCUT2D eigenvalue weighted by Crippen LogP contribution is -2.45. The van der Waals surface area contributed by atoms with E-state index >= 15 is 0 Å². The predicted molar refractivity (Wildman–Crippen MR) is 69.9 cm³/mol. The van der Waals surface area contributed by atoms with Crippen LogP contribution in [0.15, 0.2) is 12.2 Å². The molecule has 19 heavy (non-hydrogen) atoms. The minimum absolute atomic E-state index is 0.00848. The molecule has 2 rings (SSSR count). The van der Waals surface area contributed by atoms with Crippen LogP contribution in [0.25, 0.3) is 0 Å². The molecule has 0 aliphatic heterocycles. The molecule has 0 unspecified atom stereocenters. The fourth-order valence-corrected chi connectivity index (χ4v) is 3.38. The first-order valence-electron chi connectivity index (χ1n) is 7.32. The molecule has 0 aromatic carbocycles. The molecular formula is C15H22NO3-. The highest BCUT2D eigenvalue weighted by Crippen LogP contribution is 2.47. The van der Waals surface area contributed by atoms with E-state index in [0.29, 0.717) is 6.54 Å². The first-order chi connectivity index (χ1) is 9.15. The van der Waals surface area contributed by atoms with Crippen LogP contribution >= 0.6 is 0 Å². The Bertz CT molecular complexity index is 378. The van der Waals surface area contributed by atoms with Crippen LogP contribution in [0.4, 0.5) is 0 Å². The van der Waals surface area contributed by atoms with Crippen molar-refractivity contribution in [2.45, 2.75) is 39.0 Å². The van der Waals surface area contributed by atoms with Crippen molar-refractivity contribution in [1.82, 2.24) is 5.32 Å². The Morgan fingerprint density at radius 2 is 1.84 bits per heavy atom. The van der Waals surface area contributed by atoms with Crippen LogP contribution in [0.1, 0.15) is 39.0 Å². The summed E-state index contributed by atoms with van der Waals surface area (Å²) < 4.78 is 0. The molecule has 2 aliphatic rings. The van der Waals surface area contributed by atoms with Gasteiger partial charge in [-0.05, 0) is 24.7 Å². The second-order valence-electron chi connectivity index (χ2n) is 5.67. The zero-order valence-electron chi connectivity index (χ0n) is 11.4. The average Bonchev–Trinajstić information content (AvgIpc) is 2.98. The van der Waals surface area contributed by atoms with Gasteiger partial charge in [0, 0.05) is 18.4 Å². The van der Waals surface area contributed by atoms with Gasteiger partial charge < -0.3 is 15.2 Å². The van der Waals surface area contributed by atoms with Crippen molar-refractivity contribution >= 4 is 11.9 Å². The van der Waals surface area contributed by atoms with Crippen LogP contribution in [0.5, 0.6) is 0 Å². The summed E-state index contributed by atoms with van der Waals surface area (Å²) in [4.78, 5) is 23.3. The SMILES string of the molecule is CCCCCCNC(=O)[C@@H]1[C@@H](C(=O)[O-])[C@@H]2C=C[C@@H]1C2. The maximum atomic E-state index is 12.1. The van der Waals surface area contributed by atoms with E-state index < -0.39 is 17.8 Å². The first kappa shape index (κ1) is 14.1. The highest BCUT2D eigenvalue weighted by molar-refractivity contribution is 5.86. The maximum Gasteiger partial charge on any atom is 0.224 e. The van der Waals surface area contributed by atoms with Gasteiger partial charge in [-0.15, -0.1) is 0 Å². The van der Waals surface area contributed by atoms with Crippen molar-refractivity contribution in [2.75, 3.05) is 6.54 Å². The second-order valence-corrected chi connectivity index (χ2v) is 5.67. The highest BCUT2D eigenvalue weighted by atomic mass is 16.4. The Hall–Kier alpha value is -1.32. The van der Waals surface area contributed by atoms with Crippen LogP contribution in [0.3, 0.4) is 0 Å². The molecule has 1 N–H and O–H groups in total. The van der Waals surface area contributed by atoms with Crippen molar-refractivity contribution in [1.29, 1.82) is 0 Å². The van der Waals surface area contributed by atoms with E-state index in [1.54, 1.807) is 0 Å². The zero-order valence-corrected chi connectivity index (χ0v) is 11.4. The third kappa shape index (κ3) is 2.99. The zero-order chi connectivity index (χ0) is 13.8. The number of allylic oxidation sites excluding steroid dienone is 2. The molecule has 0 aromatic rings. The summed E-state index contributed by atoms with van der Waals surface area (Å²) in [6, 6.07) is 0. The van der Waals surface area contributed by atoms with E-state index in [9.17, 15) is 14.7 Å². The van der Waals surface area contributed by atoms with E-state index in [1.807, 2.05) is 12.2 Å². The van der Waals surface area contributed by atoms with Crippen molar-refractivity contribution < 1.29 is 14.7 Å². The Morgan fingerprint density at radius 3 is 2.47 bits per heavy atom. The molecule has 4 atom stereocenters. The van der Waals surface area contributed by atoms with Gasteiger partial charge in [-0.1, -0.05) is 38.3 Å². The number of carbonyl (C=O) groups excluding carboxylic acids is 2. The number of unbranched alkanes of at least 4 members (excludes halogenated alkanes) is 3. The van der Waals surface area contributed by atoms with E-state index in [-0.39, 0.29) is 17.7 Å². The van der Waals surface area contributed by atoms with Gasteiger partial charge in [0.15, 0.2) is 0 Å². The van der Waals surface area contributed by atoms with E-state index in [0.717, 1.165) is 25.7 Å². The van der Waals surface area contributed by atoms with Crippen LogP contribution in [-0.2, 0) is 9.59 Å². The molecule has 4 heteroatoms. The normalized spacial score (nSPS) is 31.6. The third-order valence-corrected chi connectivity index (χ3v) is 4.36. The van der Waals surface area contributed by atoms with Crippen LogP contribution < -0.4 is 10.4 Å². The summed E-state index contributed by atoms with van der Waals surface area (Å²) >= 11 is 0. The molecule has 0 radical (unpaired) electrons. The Balaban J connectivity index is 1.84. The molecule has 0 aromatic heterocycles. The number of hydrogen-bond acceptors (Lipinski definition) is 3. The molecule has 0 heterocycles. The molecule has 4 nitrogen and oxygen atoms in total. The smallest absolute Gasteiger partial charge is 0.224 e. The summed E-state index contributed by atoms with van der Waals surface area (Å²) in [6.07, 6.45) is 9.12. The van der Waals surface area contributed by atoms with Gasteiger partial charge in [0.25, 0.3) is 0 Å². The van der Waals surface area contributed by atoms with Crippen molar-refractivity contribution in [2.24, 2.45) is 23.7 Å². The lowest BCUT2D eigenvalue weighted by molar-refractivity contribution is -0.313. The van der Waals surface area contributed by atoms with E-state index in [2.05, 4.69) is 12.2 Å². The largest absolute Gasteiger partial charge is 0.550 e. The van der Waals surface area contributed by atoms with Gasteiger partial charge in [0.1, 0.15) is 0 Å². The number of carboxylic acid groups (broad SMARTS) is 1. The van der Waals surface area contributed by atoms with Gasteiger partial charge in [0.05, 0.1) is 5.92 Å². The number of carbonyl (C=O) groups is 2. The number of nitrogens with one attached hydrogen (secondary N) is 1. The van der Waals surface area contributed by atoms with Gasteiger partial charge in [-0.3, -0.25) is 4.79 Å². The molecule has 0 spiro atoms. The van der Waals surface area contributed by atoms with Gasteiger partial charge in [-0.25, -0.2) is 0 Å². The quantitative estimate of drug-likeness (QED) is 0.548. The minimum Gasteiger partial charge on any atom is -0.550 e. The van der Waals surface area contributed by atoms with Crippen LogP contribution in [0, 0.1) is 23.7 Å². The number of aliphatic carboxylic acids is 1.